The van der Waals surface area contributed by atoms with Crippen molar-refractivity contribution in [2.75, 3.05) is 26.3 Å². The van der Waals surface area contributed by atoms with E-state index in [1.807, 2.05) is 6.07 Å². The molecule has 38 heavy (non-hydrogen) atoms. The molecule has 3 rings (SSSR count). The van der Waals surface area contributed by atoms with Crippen molar-refractivity contribution >= 4 is 5.97 Å². The summed E-state index contributed by atoms with van der Waals surface area (Å²) >= 11 is 0. The molecule has 206 valence electrons. The lowest BCUT2D eigenvalue weighted by Gasteiger charge is -2.30. The Morgan fingerprint density at radius 2 is 1.92 bits per heavy atom. The van der Waals surface area contributed by atoms with E-state index in [2.05, 4.69) is 49.5 Å². The fraction of sp³-hybridized carbons (Fsp3) is 0.548. The molecule has 7 heteroatoms. The van der Waals surface area contributed by atoms with Crippen molar-refractivity contribution in [2.24, 2.45) is 11.7 Å². The summed E-state index contributed by atoms with van der Waals surface area (Å²) in [6.07, 6.45) is 5.97. The Morgan fingerprint density at radius 3 is 2.61 bits per heavy atom. The zero-order valence-corrected chi connectivity index (χ0v) is 22.9. The van der Waals surface area contributed by atoms with Gasteiger partial charge in [0.15, 0.2) is 0 Å². The highest BCUT2D eigenvalue weighted by atomic mass is 16.5. The SMILES string of the molecule is CC(C)(CC1Cc2ccccc2C1)NC[C@H](O)COc1cc(CCC(=O)OCCCCCN)ccc1C#N. The van der Waals surface area contributed by atoms with Crippen LogP contribution in [0.15, 0.2) is 42.5 Å². The van der Waals surface area contributed by atoms with E-state index in [4.69, 9.17) is 15.2 Å². The van der Waals surface area contributed by atoms with E-state index in [1.54, 1.807) is 12.1 Å². The number of aliphatic hydroxyl groups excluding tert-OH is 1. The van der Waals surface area contributed by atoms with E-state index in [0.717, 1.165) is 44.1 Å². The predicted octanol–water partition coefficient (Wildman–Crippen LogP) is 4.08. The second-order valence-corrected chi connectivity index (χ2v) is 11.0. The molecule has 0 saturated carbocycles. The first-order chi connectivity index (χ1) is 18.3. The second kappa shape index (κ2) is 14.9. The number of rotatable bonds is 16. The van der Waals surface area contributed by atoms with Crippen molar-refractivity contribution in [3.05, 3.63) is 64.7 Å². The van der Waals surface area contributed by atoms with E-state index >= 15 is 0 Å². The number of nitrogens with zero attached hydrogens (tertiary/aromatic N) is 1. The number of ether oxygens (including phenoxy) is 2. The third-order valence-electron chi connectivity index (χ3n) is 7.08. The summed E-state index contributed by atoms with van der Waals surface area (Å²) < 4.78 is 11.1. The highest BCUT2D eigenvalue weighted by Gasteiger charge is 2.28. The van der Waals surface area contributed by atoms with Crippen molar-refractivity contribution in [3.63, 3.8) is 0 Å². The van der Waals surface area contributed by atoms with Crippen LogP contribution in [0.2, 0.25) is 0 Å². The molecule has 1 atom stereocenters. The molecule has 0 spiro atoms. The number of fused-ring (bicyclic) bond motifs is 1. The number of nitrogens with one attached hydrogen (secondary N) is 1. The average Bonchev–Trinajstić information content (AvgIpc) is 3.31. The number of nitrogens with two attached hydrogens (primary N) is 1. The maximum absolute atomic E-state index is 12.0. The Kier molecular flexibility index (Phi) is 11.6. The van der Waals surface area contributed by atoms with E-state index in [9.17, 15) is 15.2 Å². The van der Waals surface area contributed by atoms with Crippen LogP contribution < -0.4 is 15.8 Å². The number of β-amino-alcohol motifs (C(OH)–C–C–N with tert-alkyl or cyclic N) is 1. The van der Waals surface area contributed by atoms with Crippen LogP contribution in [0.1, 0.15) is 68.2 Å². The van der Waals surface area contributed by atoms with Crippen LogP contribution in [0.5, 0.6) is 5.75 Å². The van der Waals surface area contributed by atoms with Crippen LogP contribution in [0.25, 0.3) is 0 Å². The molecule has 0 unspecified atom stereocenters. The minimum absolute atomic E-state index is 0.0704. The van der Waals surface area contributed by atoms with Crippen molar-refractivity contribution in [1.82, 2.24) is 5.32 Å². The van der Waals surface area contributed by atoms with Crippen LogP contribution in [0.4, 0.5) is 0 Å². The molecule has 1 aliphatic rings. The van der Waals surface area contributed by atoms with Crippen LogP contribution in [-0.2, 0) is 28.8 Å². The summed E-state index contributed by atoms with van der Waals surface area (Å²) in [5, 5.41) is 23.6. The number of nitriles is 1. The van der Waals surface area contributed by atoms with Gasteiger partial charge < -0.3 is 25.6 Å². The quantitative estimate of drug-likeness (QED) is 0.225. The zero-order valence-electron chi connectivity index (χ0n) is 22.9. The molecule has 0 bridgehead atoms. The first-order valence-electron chi connectivity index (χ1n) is 13.8. The van der Waals surface area contributed by atoms with Crippen molar-refractivity contribution < 1.29 is 19.4 Å². The lowest BCUT2D eigenvalue weighted by molar-refractivity contribution is -0.143. The maximum atomic E-state index is 12.0. The molecule has 2 aromatic carbocycles. The zero-order chi connectivity index (χ0) is 27.4. The number of unbranched alkanes of at least 4 members (excludes halogenated alkanes) is 2. The third-order valence-corrected chi connectivity index (χ3v) is 7.08. The Balaban J connectivity index is 1.41. The van der Waals surface area contributed by atoms with Crippen molar-refractivity contribution in [3.8, 4) is 11.8 Å². The third kappa shape index (κ3) is 9.75. The monoisotopic (exact) mass is 521 g/mol. The van der Waals surface area contributed by atoms with Gasteiger partial charge >= 0.3 is 5.97 Å². The molecule has 4 N–H and O–H groups in total. The van der Waals surface area contributed by atoms with Gasteiger partial charge in [-0.25, -0.2) is 0 Å². The standard InChI is InChI=1S/C31H43N3O4/c1-31(2,19-24-16-25-8-4-5-9-26(25)17-24)34-21-28(35)22-38-29-18-23(10-12-27(29)20-33)11-13-30(36)37-15-7-3-6-14-32/h4-5,8-10,12,18,24,28,34-35H,3,6-7,11,13-17,19,21-22,32H2,1-2H3/t28-/m0/s1. The number of esters is 1. The van der Waals surface area contributed by atoms with Crippen molar-refractivity contribution in [1.29, 1.82) is 5.26 Å². The maximum Gasteiger partial charge on any atom is 0.306 e. The van der Waals surface area contributed by atoms with E-state index < -0.39 is 6.10 Å². The number of benzene rings is 2. The summed E-state index contributed by atoms with van der Waals surface area (Å²) in [4.78, 5) is 12.0. The lowest BCUT2D eigenvalue weighted by atomic mass is 9.88. The average molecular weight is 522 g/mol. The smallest absolute Gasteiger partial charge is 0.306 e. The largest absolute Gasteiger partial charge is 0.489 e. The molecule has 0 radical (unpaired) electrons. The van der Waals surface area contributed by atoms with Gasteiger partial charge in [-0.15, -0.1) is 0 Å². The number of hydrogen-bond acceptors (Lipinski definition) is 7. The van der Waals surface area contributed by atoms with Crippen LogP contribution in [0, 0.1) is 17.2 Å². The van der Waals surface area contributed by atoms with Gasteiger partial charge in [0.25, 0.3) is 0 Å². The molecule has 0 heterocycles. The first kappa shape index (κ1) is 29.6. The lowest BCUT2D eigenvalue weighted by Crippen LogP contribution is -2.46. The fourth-order valence-corrected chi connectivity index (χ4v) is 5.09. The van der Waals surface area contributed by atoms with Crippen molar-refractivity contribution in [2.45, 2.75) is 76.9 Å². The van der Waals surface area contributed by atoms with Gasteiger partial charge in [0.05, 0.1) is 12.2 Å². The van der Waals surface area contributed by atoms with E-state index in [-0.39, 0.29) is 24.5 Å². The normalized spacial score (nSPS) is 14.1. The molecule has 0 saturated heterocycles. The van der Waals surface area contributed by atoms with Gasteiger partial charge in [-0.05, 0) is 100 Å². The number of aliphatic hydroxyl groups is 1. The Hall–Kier alpha value is -2.92. The van der Waals surface area contributed by atoms with Crippen LogP contribution >= 0.6 is 0 Å². The predicted molar refractivity (Wildman–Crippen MR) is 149 cm³/mol. The molecule has 1 aliphatic carbocycles. The second-order valence-electron chi connectivity index (χ2n) is 11.0. The van der Waals surface area contributed by atoms with Gasteiger partial charge in [0.1, 0.15) is 24.5 Å². The molecule has 0 amide bonds. The fourth-order valence-electron chi connectivity index (χ4n) is 5.09. The molecule has 0 fully saturated rings. The minimum atomic E-state index is -0.723. The molecular formula is C31H43N3O4. The Bertz CT molecular complexity index is 1050. The number of carbonyl (C=O) groups is 1. The van der Waals surface area contributed by atoms with Gasteiger partial charge in [-0.2, -0.15) is 5.26 Å². The summed E-state index contributed by atoms with van der Waals surface area (Å²) in [6, 6.07) is 16.1. The minimum Gasteiger partial charge on any atom is -0.489 e. The number of aryl methyl sites for hydroxylation is 1. The van der Waals surface area contributed by atoms with E-state index in [1.165, 1.54) is 11.1 Å². The van der Waals surface area contributed by atoms with Gasteiger partial charge in [-0.1, -0.05) is 30.3 Å². The Morgan fingerprint density at radius 1 is 1.18 bits per heavy atom. The van der Waals surface area contributed by atoms with E-state index in [0.29, 0.717) is 43.3 Å². The highest BCUT2D eigenvalue weighted by Crippen LogP contribution is 2.32. The topological polar surface area (TPSA) is 118 Å². The summed E-state index contributed by atoms with van der Waals surface area (Å²) in [7, 11) is 0. The summed E-state index contributed by atoms with van der Waals surface area (Å²) in [6.45, 7) is 5.88. The van der Waals surface area contributed by atoms with Gasteiger partial charge in [0.2, 0.25) is 0 Å². The number of carbonyl (C=O) groups excluding carboxylic acids is 1. The van der Waals surface area contributed by atoms with Crippen LogP contribution in [0.3, 0.4) is 0 Å². The van der Waals surface area contributed by atoms with Gasteiger partial charge in [0, 0.05) is 18.5 Å². The highest BCUT2D eigenvalue weighted by molar-refractivity contribution is 5.69. The van der Waals surface area contributed by atoms with Gasteiger partial charge in [-0.3, -0.25) is 4.79 Å². The molecule has 7 nitrogen and oxygen atoms in total. The summed E-state index contributed by atoms with van der Waals surface area (Å²) in [5.74, 6) is 0.773. The molecule has 0 aromatic heterocycles. The molecule has 2 aromatic rings. The molecule has 0 aliphatic heterocycles. The first-order valence-corrected chi connectivity index (χ1v) is 13.8. The Labute approximate surface area is 227 Å². The molecular weight excluding hydrogens is 478 g/mol. The summed E-state index contributed by atoms with van der Waals surface area (Å²) in [5.41, 5.74) is 9.53. The van der Waals surface area contributed by atoms with Crippen LogP contribution in [-0.4, -0.2) is 49.0 Å². The number of hydrogen-bond donors (Lipinski definition) is 3.